The van der Waals surface area contributed by atoms with Crippen LogP contribution < -0.4 is 0 Å². The molecule has 2 heterocycles. The standard InChI is InChI=1S/C14H24N4O2/c1-11-12(17(4)10-15-11)13(19)18-7-5-14(20,6-8-18)9-16(2)3/h10,20H,5-9H2,1-4H3. The molecule has 1 N–H and O–H groups in total. The predicted molar refractivity (Wildman–Crippen MR) is 76.6 cm³/mol. The Hall–Kier alpha value is -1.40. The first-order valence-electron chi connectivity index (χ1n) is 6.97. The van der Waals surface area contributed by atoms with Crippen molar-refractivity contribution in [3.05, 3.63) is 17.7 Å². The Bertz CT molecular complexity index is 468. The zero-order valence-corrected chi connectivity index (χ0v) is 12.8. The zero-order valence-electron chi connectivity index (χ0n) is 12.8. The molecule has 112 valence electrons. The fourth-order valence-electron chi connectivity index (χ4n) is 2.88. The first-order chi connectivity index (χ1) is 9.32. The third kappa shape index (κ3) is 3.02. The molecule has 6 nitrogen and oxygen atoms in total. The number of nitrogens with zero attached hydrogens (tertiary/aromatic N) is 4. The summed E-state index contributed by atoms with van der Waals surface area (Å²) in [5.74, 6) is 0.00871. The summed E-state index contributed by atoms with van der Waals surface area (Å²) < 4.78 is 1.76. The molecule has 1 fully saturated rings. The minimum Gasteiger partial charge on any atom is -0.388 e. The van der Waals surface area contributed by atoms with Crippen LogP contribution in [0.25, 0.3) is 0 Å². The lowest BCUT2D eigenvalue weighted by Crippen LogP contribution is -2.51. The van der Waals surface area contributed by atoms with Crippen LogP contribution in [0, 0.1) is 6.92 Å². The van der Waals surface area contributed by atoms with Gasteiger partial charge in [0.25, 0.3) is 5.91 Å². The lowest BCUT2D eigenvalue weighted by Gasteiger charge is -2.39. The molecular weight excluding hydrogens is 256 g/mol. The van der Waals surface area contributed by atoms with Gasteiger partial charge in [0.1, 0.15) is 5.69 Å². The second-order valence-corrected chi connectivity index (χ2v) is 6.04. The Balaban J connectivity index is 2.02. The highest BCUT2D eigenvalue weighted by Crippen LogP contribution is 2.24. The predicted octanol–water partition coefficient (Wildman–Crippen LogP) is 0.257. The van der Waals surface area contributed by atoms with Gasteiger partial charge < -0.3 is 19.5 Å². The van der Waals surface area contributed by atoms with E-state index in [9.17, 15) is 9.90 Å². The molecule has 0 bridgehead atoms. The molecule has 1 aromatic rings. The summed E-state index contributed by atoms with van der Waals surface area (Å²) in [5.41, 5.74) is 0.719. The quantitative estimate of drug-likeness (QED) is 0.862. The van der Waals surface area contributed by atoms with Gasteiger partial charge in [0, 0.05) is 26.7 Å². The normalized spacial score (nSPS) is 18.6. The molecule has 20 heavy (non-hydrogen) atoms. The summed E-state index contributed by atoms with van der Waals surface area (Å²) in [6.45, 7) is 3.67. The minimum absolute atomic E-state index is 0.00871. The van der Waals surface area contributed by atoms with Crippen molar-refractivity contribution >= 4 is 5.91 Å². The van der Waals surface area contributed by atoms with Crippen LogP contribution in [0.15, 0.2) is 6.33 Å². The van der Waals surface area contributed by atoms with Gasteiger partial charge in [0.2, 0.25) is 0 Å². The Kier molecular flexibility index (Phi) is 4.15. The van der Waals surface area contributed by atoms with Crippen molar-refractivity contribution in [2.75, 3.05) is 33.7 Å². The molecule has 2 rings (SSSR count). The lowest BCUT2D eigenvalue weighted by molar-refractivity contribution is -0.0326. The Morgan fingerprint density at radius 1 is 1.45 bits per heavy atom. The van der Waals surface area contributed by atoms with Gasteiger partial charge in [-0.25, -0.2) is 4.98 Å². The highest BCUT2D eigenvalue weighted by Gasteiger charge is 2.35. The number of amides is 1. The molecule has 1 saturated heterocycles. The molecule has 0 radical (unpaired) electrons. The number of aliphatic hydroxyl groups is 1. The van der Waals surface area contributed by atoms with E-state index in [4.69, 9.17) is 0 Å². The van der Waals surface area contributed by atoms with E-state index >= 15 is 0 Å². The lowest BCUT2D eigenvalue weighted by atomic mass is 9.91. The minimum atomic E-state index is -0.679. The summed E-state index contributed by atoms with van der Waals surface area (Å²) in [7, 11) is 5.74. The van der Waals surface area contributed by atoms with Crippen LogP contribution in [-0.2, 0) is 7.05 Å². The van der Waals surface area contributed by atoms with E-state index < -0.39 is 5.60 Å². The smallest absolute Gasteiger partial charge is 0.272 e. The van der Waals surface area contributed by atoms with Gasteiger partial charge in [-0.1, -0.05) is 0 Å². The number of imidazole rings is 1. The maximum Gasteiger partial charge on any atom is 0.272 e. The van der Waals surface area contributed by atoms with Crippen molar-refractivity contribution in [2.45, 2.75) is 25.4 Å². The van der Waals surface area contributed by atoms with E-state index in [1.54, 1.807) is 10.9 Å². The van der Waals surface area contributed by atoms with Crippen LogP contribution in [0.5, 0.6) is 0 Å². The van der Waals surface area contributed by atoms with Crippen molar-refractivity contribution in [2.24, 2.45) is 7.05 Å². The second kappa shape index (κ2) is 5.54. The summed E-state index contributed by atoms with van der Waals surface area (Å²) in [4.78, 5) is 20.5. The first kappa shape index (κ1) is 15.0. The van der Waals surface area contributed by atoms with Gasteiger partial charge in [-0.15, -0.1) is 0 Å². The SMILES string of the molecule is Cc1ncn(C)c1C(=O)N1CCC(O)(CN(C)C)CC1. The van der Waals surface area contributed by atoms with Gasteiger partial charge in [0.05, 0.1) is 17.6 Å². The average molecular weight is 280 g/mol. The Morgan fingerprint density at radius 3 is 2.50 bits per heavy atom. The van der Waals surface area contributed by atoms with E-state index in [1.165, 1.54) is 0 Å². The number of rotatable bonds is 3. The van der Waals surface area contributed by atoms with E-state index in [2.05, 4.69) is 4.98 Å². The number of aryl methyl sites for hydroxylation is 2. The van der Waals surface area contributed by atoms with E-state index in [0.717, 1.165) is 5.69 Å². The van der Waals surface area contributed by atoms with Crippen molar-refractivity contribution in [3.63, 3.8) is 0 Å². The monoisotopic (exact) mass is 280 g/mol. The second-order valence-electron chi connectivity index (χ2n) is 6.04. The maximum atomic E-state index is 12.5. The van der Waals surface area contributed by atoms with Crippen molar-refractivity contribution < 1.29 is 9.90 Å². The zero-order chi connectivity index (χ0) is 14.9. The number of carbonyl (C=O) groups is 1. The molecular formula is C14H24N4O2. The Labute approximate surface area is 120 Å². The number of likely N-dealkylation sites (tertiary alicyclic amines) is 1. The van der Waals surface area contributed by atoms with Gasteiger partial charge in [-0.05, 0) is 33.9 Å². The number of piperidine rings is 1. The van der Waals surface area contributed by atoms with Crippen LogP contribution in [0.3, 0.4) is 0 Å². The van der Waals surface area contributed by atoms with Gasteiger partial charge >= 0.3 is 0 Å². The molecule has 0 unspecified atom stereocenters. The first-order valence-corrected chi connectivity index (χ1v) is 6.97. The molecule has 0 spiro atoms. The Morgan fingerprint density at radius 2 is 2.05 bits per heavy atom. The maximum absolute atomic E-state index is 12.5. The molecule has 1 aromatic heterocycles. The molecule has 6 heteroatoms. The summed E-state index contributed by atoms with van der Waals surface area (Å²) in [6.07, 6.45) is 2.90. The van der Waals surface area contributed by atoms with Crippen LogP contribution in [0.1, 0.15) is 29.0 Å². The van der Waals surface area contributed by atoms with E-state index in [0.29, 0.717) is 38.2 Å². The fourth-order valence-corrected chi connectivity index (χ4v) is 2.88. The summed E-state index contributed by atoms with van der Waals surface area (Å²) >= 11 is 0. The van der Waals surface area contributed by atoms with Crippen molar-refractivity contribution in [1.29, 1.82) is 0 Å². The average Bonchev–Trinajstić information content (AvgIpc) is 2.68. The topological polar surface area (TPSA) is 61.6 Å². The van der Waals surface area contributed by atoms with Crippen LogP contribution in [-0.4, -0.2) is 69.7 Å². The number of hydrogen-bond acceptors (Lipinski definition) is 4. The van der Waals surface area contributed by atoms with Crippen LogP contribution >= 0.6 is 0 Å². The highest BCUT2D eigenvalue weighted by atomic mass is 16.3. The number of carbonyl (C=O) groups excluding carboxylic acids is 1. The fraction of sp³-hybridized carbons (Fsp3) is 0.714. The molecule has 1 aliphatic heterocycles. The van der Waals surface area contributed by atoms with Crippen LogP contribution in [0.2, 0.25) is 0 Å². The summed E-state index contributed by atoms with van der Waals surface area (Å²) in [5, 5.41) is 10.5. The van der Waals surface area contributed by atoms with Gasteiger partial charge in [-0.3, -0.25) is 4.79 Å². The van der Waals surface area contributed by atoms with Gasteiger partial charge in [-0.2, -0.15) is 0 Å². The molecule has 1 aliphatic rings. The molecule has 1 amide bonds. The largest absolute Gasteiger partial charge is 0.388 e. The van der Waals surface area contributed by atoms with E-state index in [-0.39, 0.29) is 5.91 Å². The number of likely N-dealkylation sites (N-methyl/N-ethyl adjacent to an activating group) is 1. The van der Waals surface area contributed by atoms with Crippen molar-refractivity contribution in [3.8, 4) is 0 Å². The highest BCUT2D eigenvalue weighted by molar-refractivity contribution is 5.93. The summed E-state index contributed by atoms with van der Waals surface area (Å²) in [6, 6.07) is 0. The van der Waals surface area contributed by atoms with Crippen LogP contribution in [0.4, 0.5) is 0 Å². The third-order valence-electron chi connectivity index (χ3n) is 3.91. The number of aromatic nitrogens is 2. The molecule has 0 aromatic carbocycles. The third-order valence-corrected chi connectivity index (χ3v) is 3.91. The molecule has 0 atom stereocenters. The van der Waals surface area contributed by atoms with E-state index in [1.807, 2.05) is 37.9 Å². The van der Waals surface area contributed by atoms with Crippen molar-refractivity contribution in [1.82, 2.24) is 19.4 Å². The van der Waals surface area contributed by atoms with Gasteiger partial charge in [0.15, 0.2) is 0 Å². The number of hydrogen-bond donors (Lipinski definition) is 1. The molecule has 0 saturated carbocycles. The molecule has 0 aliphatic carbocycles.